The molecular weight excluding hydrogens is 84.1 g/mol. The predicted molar refractivity (Wildman–Crippen MR) is 32.2 cm³/mol. The van der Waals surface area contributed by atoms with E-state index in [1.807, 2.05) is 0 Å². The first-order chi connectivity index (χ1) is 3.38. The van der Waals surface area contributed by atoms with E-state index < -0.39 is 0 Å². The Kier molecular flexibility index (Phi) is 1.36. The first-order valence-electron chi connectivity index (χ1n) is 3.38. The number of rotatable bonds is 2. The maximum absolute atomic E-state index is 2.29. The fourth-order valence-electron chi connectivity index (χ4n) is 1.31. The van der Waals surface area contributed by atoms with Crippen LogP contribution in [0.2, 0.25) is 0 Å². The maximum Gasteiger partial charge on any atom is -0.0386 e. The van der Waals surface area contributed by atoms with E-state index in [9.17, 15) is 0 Å². The SMILES string of the molecule is CCC1CC1CC. The average molecular weight is 98.2 g/mol. The van der Waals surface area contributed by atoms with Crippen molar-refractivity contribution in [1.29, 1.82) is 0 Å². The molecule has 0 aromatic heterocycles. The van der Waals surface area contributed by atoms with Crippen molar-refractivity contribution < 1.29 is 0 Å². The number of hydrogen-bond donors (Lipinski definition) is 0. The minimum absolute atomic E-state index is 1.12. The Hall–Kier alpha value is 0. The Labute approximate surface area is 45.9 Å². The molecule has 1 rings (SSSR count). The third-order valence-corrected chi connectivity index (χ3v) is 2.12. The monoisotopic (exact) mass is 98.1 g/mol. The van der Waals surface area contributed by atoms with Crippen LogP contribution in [0.25, 0.3) is 0 Å². The first kappa shape index (κ1) is 5.14. The van der Waals surface area contributed by atoms with Crippen LogP contribution >= 0.6 is 0 Å². The van der Waals surface area contributed by atoms with Gasteiger partial charge in [-0.1, -0.05) is 26.7 Å². The molecule has 2 atom stereocenters. The van der Waals surface area contributed by atoms with Gasteiger partial charge in [0.05, 0.1) is 0 Å². The average Bonchev–Trinajstić information content (AvgIpc) is 2.43. The molecule has 1 aliphatic carbocycles. The summed E-state index contributed by atoms with van der Waals surface area (Å²) in [7, 11) is 0. The number of hydrogen-bond acceptors (Lipinski definition) is 0. The van der Waals surface area contributed by atoms with Crippen LogP contribution in [0.3, 0.4) is 0 Å². The molecule has 7 heavy (non-hydrogen) atoms. The molecule has 0 spiro atoms. The highest BCUT2D eigenvalue weighted by atomic mass is 14.4. The van der Waals surface area contributed by atoms with Crippen LogP contribution in [0.5, 0.6) is 0 Å². The molecule has 1 fully saturated rings. The van der Waals surface area contributed by atoms with Crippen LogP contribution in [0.15, 0.2) is 0 Å². The normalized spacial score (nSPS) is 38.6. The molecule has 0 N–H and O–H groups in total. The predicted octanol–water partition coefficient (Wildman–Crippen LogP) is 2.44. The molecule has 0 radical (unpaired) electrons. The summed E-state index contributed by atoms with van der Waals surface area (Å²) in [5.74, 6) is 2.23. The van der Waals surface area contributed by atoms with E-state index in [4.69, 9.17) is 0 Å². The summed E-state index contributed by atoms with van der Waals surface area (Å²) in [6.07, 6.45) is 4.35. The topological polar surface area (TPSA) is 0 Å². The van der Waals surface area contributed by atoms with Crippen LogP contribution in [-0.2, 0) is 0 Å². The summed E-state index contributed by atoms with van der Waals surface area (Å²) in [4.78, 5) is 0. The van der Waals surface area contributed by atoms with Crippen molar-refractivity contribution in [2.75, 3.05) is 0 Å². The largest absolute Gasteiger partial charge is 0.0651 e. The molecule has 1 aliphatic rings. The summed E-state index contributed by atoms with van der Waals surface area (Å²) < 4.78 is 0. The van der Waals surface area contributed by atoms with Gasteiger partial charge in [-0.2, -0.15) is 0 Å². The maximum atomic E-state index is 2.29. The molecule has 42 valence electrons. The molecule has 0 aliphatic heterocycles. The second-order valence-electron chi connectivity index (χ2n) is 2.57. The van der Waals surface area contributed by atoms with Crippen molar-refractivity contribution in [3.8, 4) is 0 Å². The van der Waals surface area contributed by atoms with Crippen LogP contribution in [0.4, 0.5) is 0 Å². The van der Waals surface area contributed by atoms with Crippen molar-refractivity contribution >= 4 is 0 Å². The summed E-state index contributed by atoms with van der Waals surface area (Å²) in [6, 6.07) is 0. The zero-order valence-corrected chi connectivity index (χ0v) is 5.28. The Balaban J connectivity index is 2.06. The van der Waals surface area contributed by atoms with E-state index in [0.717, 1.165) is 11.8 Å². The highest BCUT2D eigenvalue weighted by Crippen LogP contribution is 2.42. The van der Waals surface area contributed by atoms with Crippen LogP contribution in [0, 0.1) is 11.8 Å². The molecule has 0 saturated heterocycles. The van der Waals surface area contributed by atoms with E-state index in [-0.39, 0.29) is 0 Å². The lowest BCUT2D eigenvalue weighted by Crippen LogP contribution is -1.74. The molecule has 0 aromatic rings. The highest BCUT2D eigenvalue weighted by molar-refractivity contribution is 4.83. The first-order valence-corrected chi connectivity index (χ1v) is 3.38. The fourth-order valence-corrected chi connectivity index (χ4v) is 1.31. The van der Waals surface area contributed by atoms with Crippen molar-refractivity contribution in [2.24, 2.45) is 11.8 Å². The third kappa shape index (κ3) is 0.960. The Morgan fingerprint density at radius 3 is 1.71 bits per heavy atom. The summed E-state index contributed by atoms with van der Waals surface area (Å²) >= 11 is 0. The lowest BCUT2D eigenvalue weighted by Gasteiger charge is -1.85. The summed E-state index contributed by atoms with van der Waals surface area (Å²) in [5.41, 5.74) is 0. The molecule has 0 heteroatoms. The van der Waals surface area contributed by atoms with Crippen LogP contribution in [-0.4, -0.2) is 0 Å². The van der Waals surface area contributed by atoms with Crippen molar-refractivity contribution in [2.45, 2.75) is 33.1 Å². The standard InChI is InChI=1S/C7H14/c1-3-6-5-7(6)4-2/h6-7H,3-5H2,1-2H3. The van der Waals surface area contributed by atoms with Gasteiger partial charge in [0.2, 0.25) is 0 Å². The van der Waals surface area contributed by atoms with Crippen molar-refractivity contribution in [3.63, 3.8) is 0 Å². The molecule has 2 unspecified atom stereocenters. The van der Waals surface area contributed by atoms with Gasteiger partial charge in [-0.05, 0) is 18.3 Å². The third-order valence-electron chi connectivity index (χ3n) is 2.12. The Morgan fingerprint density at radius 1 is 1.14 bits per heavy atom. The highest BCUT2D eigenvalue weighted by Gasteiger charge is 2.32. The van der Waals surface area contributed by atoms with Gasteiger partial charge < -0.3 is 0 Å². The smallest absolute Gasteiger partial charge is 0.0386 e. The molecule has 0 bridgehead atoms. The van der Waals surface area contributed by atoms with Gasteiger partial charge in [-0.15, -0.1) is 0 Å². The van der Waals surface area contributed by atoms with Crippen molar-refractivity contribution in [3.05, 3.63) is 0 Å². The van der Waals surface area contributed by atoms with Gasteiger partial charge in [0.1, 0.15) is 0 Å². The van der Waals surface area contributed by atoms with E-state index >= 15 is 0 Å². The van der Waals surface area contributed by atoms with E-state index in [2.05, 4.69) is 13.8 Å². The molecule has 0 amide bonds. The minimum Gasteiger partial charge on any atom is -0.0651 e. The lowest BCUT2D eigenvalue weighted by atomic mass is 10.2. The van der Waals surface area contributed by atoms with Gasteiger partial charge in [-0.25, -0.2) is 0 Å². The summed E-state index contributed by atoms with van der Waals surface area (Å²) in [5, 5.41) is 0. The van der Waals surface area contributed by atoms with E-state index in [1.165, 1.54) is 19.3 Å². The van der Waals surface area contributed by atoms with Crippen molar-refractivity contribution in [1.82, 2.24) is 0 Å². The molecule has 0 nitrogen and oxygen atoms in total. The molecule has 0 aromatic carbocycles. The zero-order chi connectivity index (χ0) is 5.28. The lowest BCUT2D eigenvalue weighted by molar-refractivity contribution is 0.663. The van der Waals surface area contributed by atoms with Gasteiger partial charge in [0.15, 0.2) is 0 Å². The molecule has 1 saturated carbocycles. The van der Waals surface area contributed by atoms with E-state index in [0.29, 0.717) is 0 Å². The minimum atomic E-state index is 1.12. The van der Waals surface area contributed by atoms with Gasteiger partial charge >= 0.3 is 0 Å². The van der Waals surface area contributed by atoms with Crippen LogP contribution < -0.4 is 0 Å². The summed E-state index contributed by atoms with van der Waals surface area (Å²) in [6.45, 7) is 4.58. The molecule has 0 heterocycles. The van der Waals surface area contributed by atoms with Crippen LogP contribution in [0.1, 0.15) is 33.1 Å². The second kappa shape index (κ2) is 1.85. The Bertz CT molecular complexity index is 49.1. The molecular formula is C7H14. The van der Waals surface area contributed by atoms with E-state index in [1.54, 1.807) is 0 Å². The van der Waals surface area contributed by atoms with Gasteiger partial charge in [0.25, 0.3) is 0 Å². The quantitative estimate of drug-likeness (QED) is 0.497. The van der Waals surface area contributed by atoms with Gasteiger partial charge in [-0.3, -0.25) is 0 Å². The Morgan fingerprint density at radius 2 is 1.57 bits per heavy atom. The van der Waals surface area contributed by atoms with Gasteiger partial charge in [0, 0.05) is 0 Å². The zero-order valence-electron chi connectivity index (χ0n) is 5.28. The second-order valence-corrected chi connectivity index (χ2v) is 2.57. The fraction of sp³-hybridized carbons (Fsp3) is 1.00.